The Balaban J connectivity index is 1.67. The Hall–Kier alpha value is -3.08. The first-order valence-corrected chi connectivity index (χ1v) is 21.9. The molecular weight excluding hydrogens is 776 g/mol. The van der Waals surface area contributed by atoms with Gasteiger partial charge in [0.2, 0.25) is 23.8 Å². The fourth-order valence-corrected chi connectivity index (χ4v) is 7.82. The molecular formula is C46H72O14. The summed E-state index contributed by atoms with van der Waals surface area (Å²) in [6, 6.07) is 0. The van der Waals surface area contributed by atoms with E-state index in [-0.39, 0.29) is 24.4 Å². The summed E-state index contributed by atoms with van der Waals surface area (Å²) < 4.78 is 22.7. The molecule has 0 amide bonds. The summed E-state index contributed by atoms with van der Waals surface area (Å²) in [5.74, 6) is -9.77. The number of ether oxygens (including phenoxy) is 4. The number of carbonyl (C=O) groups is 4. The number of aliphatic hydroxyl groups excluding tert-OH is 4. The molecule has 340 valence electrons. The maximum Gasteiger partial charge on any atom is 0.340 e. The first-order valence-electron chi connectivity index (χ1n) is 21.9. The average Bonchev–Trinajstić information content (AvgIpc) is 3.20. The lowest BCUT2D eigenvalue weighted by atomic mass is 9.82. The second kappa shape index (κ2) is 24.5. The van der Waals surface area contributed by atoms with Crippen molar-refractivity contribution in [1.29, 1.82) is 0 Å². The quantitative estimate of drug-likeness (QED) is 0.179. The summed E-state index contributed by atoms with van der Waals surface area (Å²) >= 11 is 0. The van der Waals surface area contributed by atoms with Crippen LogP contribution in [0.25, 0.3) is 0 Å². The molecule has 0 aromatic heterocycles. The highest BCUT2D eigenvalue weighted by Crippen LogP contribution is 2.39. The van der Waals surface area contributed by atoms with Crippen molar-refractivity contribution in [1.82, 2.24) is 0 Å². The molecule has 0 unspecified atom stereocenters. The van der Waals surface area contributed by atoms with E-state index >= 15 is 0 Å². The van der Waals surface area contributed by atoms with Crippen LogP contribution in [-0.2, 0) is 38.1 Å². The lowest BCUT2D eigenvalue weighted by Crippen LogP contribution is -2.59. The highest BCUT2D eigenvalue weighted by Gasteiger charge is 2.53. The minimum Gasteiger partial charge on any atom is -0.461 e. The number of fused-ring (bicyclic) bond motifs is 4. The number of carbonyl (C=O) groups excluding carboxylic acids is 4. The van der Waals surface area contributed by atoms with Gasteiger partial charge in [-0.15, -0.1) is 0 Å². The minimum atomic E-state index is -2.26. The van der Waals surface area contributed by atoms with Gasteiger partial charge in [-0.3, -0.25) is 9.59 Å². The molecule has 14 heteroatoms. The van der Waals surface area contributed by atoms with Gasteiger partial charge in [0.25, 0.3) is 0 Å². The standard InChI is InChI=1S/C46H72O14/c1-29-23-25-39-33(5)37(49)27-35(47)21-17-13-10-8-12-16-20-32(4)58-44(54)42(52)46(56)30(2)24-26-40(60-46)34(6)38(50)28-36(48)22-18-14-9-7-11-15-19-31(3)57-43(53)41(51)45(29,55)59-39/h7-14,29-36,39-42,47-48,51-52,55-56H,15-28H2,1-6H3/t29-,30-,31+,32+,33-,34-,35+,36+,39+,40+,41+,42+,45-,46-/m1/s1. The summed E-state index contributed by atoms with van der Waals surface area (Å²) in [6.07, 6.45) is 11.1. The van der Waals surface area contributed by atoms with Crippen molar-refractivity contribution in [3.05, 3.63) is 48.6 Å². The molecule has 0 radical (unpaired) electrons. The van der Waals surface area contributed by atoms with Gasteiger partial charge < -0.3 is 49.6 Å². The van der Waals surface area contributed by atoms with Crippen LogP contribution in [0.15, 0.2) is 48.6 Å². The van der Waals surface area contributed by atoms with Gasteiger partial charge in [0.1, 0.15) is 11.6 Å². The molecule has 60 heavy (non-hydrogen) atoms. The minimum absolute atomic E-state index is 0.124. The Morgan fingerprint density at radius 1 is 0.483 bits per heavy atom. The topological polar surface area (TPSA) is 227 Å². The van der Waals surface area contributed by atoms with E-state index in [0.717, 1.165) is 0 Å². The van der Waals surface area contributed by atoms with E-state index < -0.39 is 96.0 Å². The monoisotopic (exact) mass is 848 g/mol. The molecule has 3 aliphatic heterocycles. The van der Waals surface area contributed by atoms with Crippen molar-refractivity contribution in [2.45, 2.75) is 192 Å². The zero-order chi connectivity index (χ0) is 44.6. The number of ketones is 2. The summed E-state index contributed by atoms with van der Waals surface area (Å²) in [4.78, 5) is 52.2. The van der Waals surface area contributed by atoms with Crippen molar-refractivity contribution < 1.29 is 68.8 Å². The Kier molecular flexibility index (Phi) is 21.0. The Bertz CT molecular complexity index is 1400. The SMILES string of the molecule is C[C@@H]1C(=O)C[C@@H](O)CCC=CC=CCC[C@H](C)OC(=O)[C@H](O)[C@]2(O)O[C@@H](CC[C@H]2C)[C@H](C)C(=O)C[C@@H](O)CCC=CC=CCC[C@H](C)OC(=O)[C@H](O)[C@]2(O)O[C@H]1CC[C@H]2C. The van der Waals surface area contributed by atoms with Gasteiger partial charge in [0.05, 0.1) is 36.6 Å². The van der Waals surface area contributed by atoms with E-state index in [9.17, 15) is 49.8 Å². The number of rotatable bonds is 0. The van der Waals surface area contributed by atoms with Crippen molar-refractivity contribution in [3.63, 3.8) is 0 Å². The van der Waals surface area contributed by atoms with Crippen molar-refractivity contribution in [2.24, 2.45) is 23.7 Å². The van der Waals surface area contributed by atoms with Gasteiger partial charge in [-0.05, 0) is 90.9 Å². The van der Waals surface area contributed by atoms with Crippen LogP contribution in [-0.4, -0.2) is 115 Å². The molecule has 14 nitrogen and oxygen atoms in total. The molecule has 0 aromatic rings. The predicted molar refractivity (Wildman–Crippen MR) is 223 cm³/mol. The predicted octanol–water partition coefficient (Wildman–Crippen LogP) is 4.85. The van der Waals surface area contributed by atoms with Crippen LogP contribution in [0.2, 0.25) is 0 Å². The van der Waals surface area contributed by atoms with E-state index in [1.807, 2.05) is 36.5 Å². The summed E-state index contributed by atoms with van der Waals surface area (Å²) in [6.45, 7) is 9.96. The number of cyclic esters (lactones) is 2. The number of esters is 2. The van der Waals surface area contributed by atoms with E-state index in [1.165, 1.54) is 0 Å². The number of hydrogen-bond donors (Lipinski definition) is 6. The number of Topliss-reactive ketones (excluding diaryl/α,β-unsaturated/α-hetero) is 2. The number of hydrogen-bond acceptors (Lipinski definition) is 14. The Morgan fingerprint density at radius 2 is 0.800 bits per heavy atom. The van der Waals surface area contributed by atoms with Crippen LogP contribution in [0, 0.1) is 23.7 Å². The molecule has 0 aromatic carbocycles. The van der Waals surface area contributed by atoms with Crippen LogP contribution in [0.3, 0.4) is 0 Å². The third-order valence-electron chi connectivity index (χ3n) is 12.3. The third kappa shape index (κ3) is 15.1. The van der Waals surface area contributed by atoms with Gasteiger partial charge >= 0.3 is 11.9 Å². The fraction of sp³-hybridized carbons (Fsp3) is 0.739. The maximum absolute atomic E-state index is 13.1. The van der Waals surface area contributed by atoms with Gasteiger partial charge in [0.15, 0.2) is 0 Å². The normalized spacial score (nSPS) is 40.2. The second-order valence-corrected chi connectivity index (χ2v) is 17.3. The van der Waals surface area contributed by atoms with E-state index in [2.05, 4.69) is 0 Å². The molecule has 2 saturated heterocycles. The molecule has 0 aliphatic carbocycles. The van der Waals surface area contributed by atoms with Crippen molar-refractivity contribution >= 4 is 23.5 Å². The fourth-order valence-electron chi connectivity index (χ4n) is 7.82. The van der Waals surface area contributed by atoms with E-state index in [1.54, 1.807) is 53.7 Å². The van der Waals surface area contributed by atoms with Gasteiger partial charge in [-0.2, -0.15) is 0 Å². The van der Waals surface area contributed by atoms with Gasteiger partial charge in [-0.25, -0.2) is 9.59 Å². The first kappa shape index (κ1) is 51.3. The number of allylic oxidation sites excluding steroid dienone is 8. The zero-order valence-corrected chi connectivity index (χ0v) is 36.4. The van der Waals surface area contributed by atoms with Crippen LogP contribution in [0.4, 0.5) is 0 Å². The highest BCUT2D eigenvalue weighted by atomic mass is 16.7. The van der Waals surface area contributed by atoms with Crippen LogP contribution in [0.1, 0.15) is 131 Å². The molecule has 0 spiro atoms. The third-order valence-corrected chi connectivity index (χ3v) is 12.3. The van der Waals surface area contributed by atoms with Crippen molar-refractivity contribution in [3.8, 4) is 0 Å². The molecule has 6 N–H and O–H groups in total. The summed E-state index contributed by atoms with van der Waals surface area (Å²) in [5, 5.41) is 66.0. The van der Waals surface area contributed by atoms with Crippen LogP contribution in [0.5, 0.6) is 0 Å². The highest BCUT2D eigenvalue weighted by molar-refractivity contribution is 5.82. The lowest BCUT2D eigenvalue weighted by molar-refractivity contribution is -0.322. The molecule has 14 atom stereocenters. The molecule has 2 fully saturated rings. The Labute approximate surface area is 355 Å². The smallest absolute Gasteiger partial charge is 0.340 e. The van der Waals surface area contributed by atoms with E-state index in [0.29, 0.717) is 77.0 Å². The average molecular weight is 849 g/mol. The molecule has 4 bridgehead atoms. The zero-order valence-electron chi connectivity index (χ0n) is 36.4. The molecule has 3 heterocycles. The van der Waals surface area contributed by atoms with Gasteiger partial charge in [0, 0.05) is 36.5 Å². The van der Waals surface area contributed by atoms with E-state index in [4.69, 9.17) is 18.9 Å². The summed E-state index contributed by atoms with van der Waals surface area (Å²) in [5.41, 5.74) is 0. The van der Waals surface area contributed by atoms with Crippen LogP contribution < -0.4 is 0 Å². The molecule has 0 saturated carbocycles. The molecule has 3 rings (SSSR count). The lowest BCUT2D eigenvalue weighted by Gasteiger charge is -2.45. The van der Waals surface area contributed by atoms with Crippen molar-refractivity contribution in [2.75, 3.05) is 0 Å². The van der Waals surface area contributed by atoms with Crippen LogP contribution >= 0.6 is 0 Å². The largest absolute Gasteiger partial charge is 0.461 e. The van der Waals surface area contributed by atoms with Gasteiger partial charge in [-0.1, -0.05) is 76.3 Å². The second-order valence-electron chi connectivity index (χ2n) is 17.3. The summed E-state index contributed by atoms with van der Waals surface area (Å²) in [7, 11) is 0. The number of aliphatic hydroxyl groups is 6. The maximum atomic E-state index is 13.1. The Morgan fingerprint density at radius 3 is 1.13 bits per heavy atom. The first-order chi connectivity index (χ1) is 28.3. The molecule has 3 aliphatic rings.